The molecule has 0 radical (unpaired) electrons. The molecule has 3 rings (SSSR count). The van der Waals surface area contributed by atoms with Gasteiger partial charge in [-0.25, -0.2) is 4.79 Å². The van der Waals surface area contributed by atoms with Crippen molar-refractivity contribution in [3.05, 3.63) is 59.7 Å². The van der Waals surface area contributed by atoms with E-state index in [0.29, 0.717) is 23.5 Å². The number of nitrogens with one attached hydrogen (secondary N) is 3. The number of anilines is 2. The van der Waals surface area contributed by atoms with E-state index in [-0.39, 0.29) is 17.7 Å². The van der Waals surface area contributed by atoms with Gasteiger partial charge >= 0.3 is 6.03 Å². The van der Waals surface area contributed by atoms with Crippen molar-refractivity contribution in [2.24, 2.45) is 11.7 Å². The molecule has 1 aliphatic rings. The van der Waals surface area contributed by atoms with Gasteiger partial charge in [-0.2, -0.15) is 0 Å². The van der Waals surface area contributed by atoms with E-state index < -0.39 is 6.03 Å². The Hall–Kier alpha value is -3.35. The summed E-state index contributed by atoms with van der Waals surface area (Å²) < 4.78 is 0. The second kappa shape index (κ2) is 7.69. The molecule has 7 nitrogen and oxygen atoms in total. The summed E-state index contributed by atoms with van der Waals surface area (Å²) in [5.74, 6) is -0.116. The van der Waals surface area contributed by atoms with Gasteiger partial charge in [-0.15, -0.1) is 0 Å². The molecule has 0 unspecified atom stereocenters. The summed E-state index contributed by atoms with van der Waals surface area (Å²) in [5, 5.41) is 8.15. The van der Waals surface area contributed by atoms with Crippen LogP contribution in [0.1, 0.15) is 28.8 Å². The van der Waals surface area contributed by atoms with E-state index in [2.05, 4.69) is 16.0 Å². The molecule has 1 fully saturated rings. The van der Waals surface area contributed by atoms with E-state index in [1.54, 1.807) is 48.5 Å². The average molecular weight is 352 g/mol. The van der Waals surface area contributed by atoms with Crippen LogP contribution >= 0.6 is 0 Å². The number of carbonyl (C=O) groups excluding carboxylic acids is 3. The summed E-state index contributed by atoms with van der Waals surface area (Å²) in [6.45, 7) is 0.306. The maximum absolute atomic E-state index is 12.4. The number of nitrogens with two attached hydrogens (primary N) is 1. The molecule has 2 aromatic rings. The van der Waals surface area contributed by atoms with Crippen LogP contribution in [0.4, 0.5) is 16.2 Å². The predicted octanol–water partition coefficient (Wildman–Crippen LogP) is 2.46. The molecule has 26 heavy (non-hydrogen) atoms. The van der Waals surface area contributed by atoms with Crippen LogP contribution in [0, 0.1) is 5.92 Å². The first-order chi connectivity index (χ1) is 12.5. The monoisotopic (exact) mass is 352 g/mol. The Morgan fingerprint density at radius 3 is 2.23 bits per heavy atom. The number of benzene rings is 2. The Labute approximate surface area is 151 Å². The lowest BCUT2D eigenvalue weighted by Crippen LogP contribution is -2.28. The van der Waals surface area contributed by atoms with Crippen LogP contribution in [0.25, 0.3) is 0 Å². The van der Waals surface area contributed by atoms with Crippen molar-refractivity contribution in [2.45, 2.75) is 19.4 Å². The lowest BCUT2D eigenvalue weighted by molar-refractivity contribution is -0.117. The zero-order valence-electron chi connectivity index (χ0n) is 14.1. The van der Waals surface area contributed by atoms with Gasteiger partial charge < -0.3 is 21.7 Å². The maximum atomic E-state index is 12.4. The van der Waals surface area contributed by atoms with Crippen LogP contribution in [0.5, 0.6) is 0 Å². The molecular weight excluding hydrogens is 332 g/mol. The SMILES string of the molecule is NC(=O)NCc1ccc(C(=O)Nc2cccc(NC(=O)C3CC3)c2)cc1. The normalized spacial score (nSPS) is 12.9. The number of carbonyl (C=O) groups is 3. The molecule has 1 aliphatic carbocycles. The molecule has 0 spiro atoms. The van der Waals surface area contributed by atoms with Crippen molar-refractivity contribution in [3.8, 4) is 0 Å². The van der Waals surface area contributed by atoms with Crippen molar-refractivity contribution in [3.63, 3.8) is 0 Å². The fourth-order valence-corrected chi connectivity index (χ4v) is 2.43. The van der Waals surface area contributed by atoms with E-state index in [1.165, 1.54) is 0 Å². The Morgan fingerprint density at radius 1 is 0.962 bits per heavy atom. The minimum Gasteiger partial charge on any atom is -0.352 e. The van der Waals surface area contributed by atoms with E-state index in [1.807, 2.05) is 0 Å². The predicted molar refractivity (Wildman–Crippen MR) is 98.6 cm³/mol. The van der Waals surface area contributed by atoms with E-state index in [9.17, 15) is 14.4 Å². The van der Waals surface area contributed by atoms with E-state index >= 15 is 0 Å². The van der Waals surface area contributed by atoms with Crippen molar-refractivity contribution < 1.29 is 14.4 Å². The molecule has 0 atom stereocenters. The Balaban J connectivity index is 1.60. The third-order valence-electron chi connectivity index (χ3n) is 4.02. The van der Waals surface area contributed by atoms with Crippen molar-refractivity contribution in [1.29, 1.82) is 0 Å². The molecule has 7 heteroatoms. The maximum Gasteiger partial charge on any atom is 0.312 e. The Morgan fingerprint density at radius 2 is 1.62 bits per heavy atom. The van der Waals surface area contributed by atoms with Gasteiger partial charge in [0.1, 0.15) is 0 Å². The van der Waals surface area contributed by atoms with Crippen LogP contribution in [0.3, 0.4) is 0 Å². The summed E-state index contributed by atoms with van der Waals surface area (Å²) in [5.41, 5.74) is 7.61. The molecule has 134 valence electrons. The molecule has 1 saturated carbocycles. The minimum absolute atomic E-state index is 0.0219. The highest BCUT2D eigenvalue weighted by Crippen LogP contribution is 2.30. The number of rotatable bonds is 6. The second-order valence-corrected chi connectivity index (χ2v) is 6.21. The van der Waals surface area contributed by atoms with Gasteiger partial charge in [0, 0.05) is 29.4 Å². The molecule has 4 amide bonds. The molecule has 2 aromatic carbocycles. The average Bonchev–Trinajstić information content (AvgIpc) is 3.46. The third kappa shape index (κ3) is 4.83. The Kier molecular flexibility index (Phi) is 5.17. The molecule has 0 aliphatic heterocycles. The molecule has 0 heterocycles. The zero-order chi connectivity index (χ0) is 18.5. The summed E-state index contributed by atoms with van der Waals surface area (Å²) in [7, 11) is 0. The highest BCUT2D eigenvalue weighted by molar-refractivity contribution is 6.04. The van der Waals surface area contributed by atoms with E-state index in [4.69, 9.17) is 5.73 Å². The largest absolute Gasteiger partial charge is 0.352 e. The van der Waals surface area contributed by atoms with Crippen molar-refractivity contribution in [2.75, 3.05) is 10.6 Å². The molecule has 0 saturated heterocycles. The number of hydrogen-bond acceptors (Lipinski definition) is 3. The van der Waals surface area contributed by atoms with Gasteiger partial charge in [0.2, 0.25) is 5.91 Å². The lowest BCUT2D eigenvalue weighted by atomic mass is 10.1. The van der Waals surface area contributed by atoms with Crippen LogP contribution in [-0.4, -0.2) is 17.8 Å². The molecule has 5 N–H and O–H groups in total. The first-order valence-electron chi connectivity index (χ1n) is 8.36. The van der Waals surface area contributed by atoms with Gasteiger partial charge in [-0.1, -0.05) is 18.2 Å². The summed E-state index contributed by atoms with van der Waals surface area (Å²) in [6, 6.07) is 13.3. The minimum atomic E-state index is -0.597. The van der Waals surface area contributed by atoms with Gasteiger partial charge in [-0.3, -0.25) is 9.59 Å². The zero-order valence-corrected chi connectivity index (χ0v) is 14.1. The standard InChI is InChI=1S/C19H20N4O3/c20-19(26)21-11-12-4-6-13(7-5-12)17(24)22-15-2-1-3-16(10-15)23-18(25)14-8-9-14/h1-7,10,14H,8-9,11H2,(H,22,24)(H,23,25)(H3,20,21,26). The topological polar surface area (TPSA) is 113 Å². The highest BCUT2D eigenvalue weighted by Gasteiger charge is 2.29. The van der Waals surface area contributed by atoms with Crippen LogP contribution < -0.4 is 21.7 Å². The summed E-state index contributed by atoms with van der Waals surface area (Å²) >= 11 is 0. The number of amides is 4. The number of primary amides is 1. The first kappa shape index (κ1) is 17.5. The summed E-state index contributed by atoms with van der Waals surface area (Å²) in [4.78, 5) is 34.9. The molecular formula is C19H20N4O3. The fraction of sp³-hybridized carbons (Fsp3) is 0.211. The highest BCUT2D eigenvalue weighted by atomic mass is 16.2. The van der Waals surface area contributed by atoms with Crippen LogP contribution in [0.2, 0.25) is 0 Å². The summed E-state index contributed by atoms with van der Waals surface area (Å²) in [6.07, 6.45) is 1.88. The number of urea groups is 1. The quantitative estimate of drug-likeness (QED) is 0.640. The fourth-order valence-electron chi connectivity index (χ4n) is 2.43. The van der Waals surface area contributed by atoms with E-state index in [0.717, 1.165) is 18.4 Å². The van der Waals surface area contributed by atoms with Gasteiger partial charge in [0.15, 0.2) is 0 Å². The third-order valence-corrected chi connectivity index (χ3v) is 4.02. The van der Waals surface area contributed by atoms with Gasteiger partial charge in [0.05, 0.1) is 0 Å². The molecule has 0 bridgehead atoms. The van der Waals surface area contributed by atoms with Crippen molar-refractivity contribution >= 4 is 29.2 Å². The number of hydrogen-bond donors (Lipinski definition) is 4. The smallest absolute Gasteiger partial charge is 0.312 e. The Bertz CT molecular complexity index is 829. The van der Waals surface area contributed by atoms with Crippen LogP contribution in [0.15, 0.2) is 48.5 Å². The van der Waals surface area contributed by atoms with Gasteiger partial charge in [-0.05, 0) is 48.7 Å². The van der Waals surface area contributed by atoms with Crippen molar-refractivity contribution in [1.82, 2.24) is 5.32 Å². The lowest BCUT2D eigenvalue weighted by Gasteiger charge is -2.09. The first-order valence-corrected chi connectivity index (χ1v) is 8.36. The molecule has 0 aromatic heterocycles. The second-order valence-electron chi connectivity index (χ2n) is 6.21. The van der Waals surface area contributed by atoms with Gasteiger partial charge in [0.25, 0.3) is 5.91 Å². The van der Waals surface area contributed by atoms with Crippen LogP contribution in [-0.2, 0) is 11.3 Å².